The molecule has 0 saturated heterocycles. The van der Waals surface area contributed by atoms with Gasteiger partial charge in [-0.05, 0) is 41.9 Å². The first-order valence-electron chi connectivity index (χ1n) is 5.87. The molecule has 1 aromatic carbocycles. The first kappa shape index (κ1) is 10.5. The minimum atomic E-state index is -0.0644. The van der Waals surface area contributed by atoms with Gasteiger partial charge in [-0.25, -0.2) is 0 Å². The third kappa shape index (κ3) is 1.52. The number of aromatic nitrogens is 2. The molecule has 5 heteroatoms. The standard InChI is InChI=1S/C14H9N3OS/c18-14-10(6-9-2-1-5-15-9)12-11(17-14)4-3-8-7-16-19-13(8)12/h1-7,15H,(H,17,18)/b10-6-. The Labute approximate surface area is 112 Å². The van der Waals surface area contributed by atoms with Crippen LogP contribution in [-0.4, -0.2) is 15.3 Å². The van der Waals surface area contributed by atoms with Gasteiger partial charge in [0.15, 0.2) is 0 Å². The van der Waals surface area contributed by atoms with Crippen LogP contribution in [0.2, 0.25) is 0 Å². The average Bonchev–Trinajstić information content (AvgIpc) is 3.10. The molecule has 3 heterocycles. The average molecular weight is 267 g/mol. The van der Waals surface area contributed by atoms with Crippen LogP contribution in [0.25, 0.3) is 21.7 Å². The highest BCUT2D eigenvalue weighted by Crippen LogP contribution is 2.39. The van der Waals surface area contributed by atoms with Crippen LogP contribution >= 0.6 is 11.5 Å². The van der Waals surface area contributed by atoms with Crippen LogP contribution in [0.3, 0.4) is 0 Å². The lowest BCUT2D eigenvalue weighted by Crippen LogP contribution is -2.03. The molecule has 0 spiro atoms. The number of hydrogen-bond acceptors (Lipinski definition) is 3. The fourth-order valence-corrected chi connectivity index (χ4v) is 3.15. The number of nitrogens with zero attached hydrogens (tertiary/aromatic N) is 1. The van der Waals surface area contributed by atoms with Crippen molar-refractivity contribution in [1.82, 2.24) is 9.36 Å². The fraction of sp³-hybridized carbons (Fsp3) is 0. The van der Waals surface area contributed by atoms with Gasteiger partial charge in [0.05, 0.1) is 16.0 Å². The summed E-state index contributed by atoms with van der Waals surface area (Å²) in [5.74, 6) is -0.0644. The van der Waals surface area contributed by atoms with Gasteiger partial charge in [-0.3, -0.25) is 4.79 Å². The smallest absolute Gasteiger partial charge is 0.256 e. The van der Waals surface area contributed by atoms with Gasteiger partial charge in [0.1, 0.15) is 0 Å². The number of carbonyl (C=O) groups excluding carboxylic acids is 1. The quantitative estimate of drug-likeness (QED) is 0.665. The van der Waals surface area contributed by atoms with E-state index in [1.54, 1.807) is 0 Å². The molecule has 1 amide bonds. The Balaban J connectivity index is 2.00. The number of fused-ring (bicyclic) bond motifs is 3. The highest BCUT2D eigenvalue weighted by atomic mass is 32.1. The van der Waals surface area contributed by atoms with E-state index < -0.39 is 0 Å². The van der Waals surface area contributed by atoms with Crippen LogP contribution in [0, 0.1) is 0 Å². The molecule has 4 rings (SSSR count). The Kier molecular flexibility index (Phi) is 2.10. The summed E-state index contributed by atoms with van der Waals surface area (Å²) in [6.07, 6.45) is 5.54. The second-order valence-corrected chi connectivity index (χ2v) is 5.17. The summed E-state index contributed by atoms with van der Waals surface area (Å²) in [4.78, 5) is 15.2. The maximum Gasteiger partial charge on any atom is 0.256 e. The Morgan fingerprint density at radius 2 is 2.21 bits per heavy atom. The molecule has 0 unspecified atom stereocenters. The second kappa shape index (κ2) is 3.80. The summed E-state index contributed by atoms with van der Waals surface area (Å²) in [7, 11) is 0. The monoisotopic (exact) mass is 267 g/mol. The molecule has 0 atom stereocenters. The van der Waals surface area contributed by atoms with Gasteiger partial charge in [0.2, 0.25) is 0 Å². The Morgan fingerprint density at radius 3 is 3.05 bits per heavy atom. The van der Waals surface area contributed by atoms with Gasteiger partial charge in [-0.1, -0.05) is 0 Å². The van der Waals surface area contributed by atoms with E-state index in [-0.39, 0.29) is 5.91 Å². The lowest BCUT2D eigenvalue weighted by Gasteiger charge is -1.99. The van der Waals surface area contributed by atoms with E-state index in [2.05, 4.69) is 14.7 Å². The first-order chi connectivity index (χ1) is 9.33. The van der Waals surface area contributed by atoms with Crippen molar-refractivity contribution in [2.24, 2.45) is 0 Å². The number of aromatic amines is 1. The van der Waals surface area contributed by atoms with Crippen molar-refractivity contribution in [2.45, 2.75) is 0 Å². The van der Waals surface area contributed by atoms with E-state index in [9.17, 15) is 4.79 Å². The Hall–Kier alpha value is -2.40. The fourth-order valence-electron chi connectivity index (χ4n) is 2.34. The number of H-pyrrole nitrogens is 1. The van der Waals surface area contributed by atoms with Gasteiger partial charge in [0.25, 0.3) is 5.91 Å². The van der Waals surface area contributed by atoms with Crippen molar-refractivity contribution in [3.63, 3.8) is 0 Å². The first-order valence-corrected chi connectivity index (χ1v) is 6.64. The molecule has 0 fully saturated rings. The topological polar surface area (TPSA) is 57.8 Å². The second-order valence-electron chi connectivity index (χ2n) is 4.37. The van der Waals surface area contributed by atoms with Gasteiger partial charge in [-0.2, -0.15) is 4.37 Å². The van der Waals surface area contributed by atoms with Crippen molar-refractivity contribution >= 4 is 44.9 Å². The summed E-state index contributed by atoms with van der Waals surface area (Å²) >= 11 is 1.42. The van der Waals surface area contributed by atoms with E-state index in [0.29, 0.717) is 5.57 Å². The molecule has 0 radical (unpaired) electrons. The zero-order valence-corrected chi connectivity index (χ0v) is 10.6. The molecule has 1 aliphatic rings. The highest BCUT2D eigenvalue weighted by Gasteiger charge is 2.27. The molecule has 3 aromatic rings. The lowest BCUT2D eigenvalue weighted by molar-refractivity contribution is -0.110. The van der Waals surface area contributed by atoms with Crippen molar-refractivity contribution in [1.29, 1.82) is 0 Å². The molecule has 1 aliphatic heterocycles. The zero-order valence-electron chi connectivity index (χ0n) is 9.81. The summed E-state index contributed by atoms with van der Waals surface area (Å²) < 4.78 is 5.25. The van der Waals surface area contributed by atoms with Crippen molar-refractivity contribution in [3.05, 3.63) is 47.9 Å². The Morgan fingerprint density at radius 1 is 1.26 bits per heavy atom. The molecule has 19 heavy (non-hydrogen) atoms. The van der Waals surface area contributed by atoms with Gasteiger partial charge < -0.3 is 10.3 Å². The summed E-state index contributed by atoms with van der Waals surface area (Å²) in [5.41, 5.74) is 3.42. The van der Waals surface area contributed by atoms with Crippen LogP contribution in [-0.2, 0) is 4.79 Å². The number of amides is 1. The zero-order chi connectivity index (χ0) is 12.8. The van der Waals surface area contributed by atoms with E-state index in [4.69, 9.17) is 0 Å². The van der Waals surface area contributed by atoms with E-state index >= 15 is 0 Å². The number of rotatable bonds is 1. The molecule has 2 N–H and O–H groups in total. The predicted octanol–water partition coefficient (Wildman–Crippen LogP) is 3.12. The maximum atomic E-state index is 12.1. The van der Waals surface area contributed by atoms with Crippen LogP contribution in [0.1, 0.15) is 11.3 Å². The number of anilines is 1. The van der Waals surface area contributed by atoms with Crippen LogP contribution in [0.15, 0.2) is 36.7 Å². The van der Waals surface area contributed by atoms with Crippen LogP contribution in [0.4, 0.5) is 5.69 Å². The highest BCUT2D eigenvalue weighted by molar-refractivity contribution is 7.13. The molecule has 2 aromatic heterocycles. The van der Waals surface area contributed by atoms with Crippen molar-refractivity contribution < 1.29 is 4.79 Å². The molecule has 4 nitrogen and oxygen atoms in total. The SMILES string of the molecule is O=C1Nc2ccc3cnsc3c2/C1=C/c1ccc[nH]1. The molecular weight excluding hydrogens is 258 g/mol. The number of nitrogens with one attached hydrogen (secondary N) is 2. The summed E-state index contributed by atoms with van der Waals surface area (Å²) in [6, 6.07) is 7.76. The van der Waals surface area contributed by atoms with Crippen molar-refractivity contribution in [3.8, 4) is 0 Å². The summed E-state index contributed by atoms with van der Waals surface area (Å²) in [5, 5.41) is 3.97. The number of carbonyl (C=O) groups is 1. The lowest BCUT2D eigenvalue weighted by atomic mass is 10.0. The van der Waals surface area contributed by atoms with E-state index in [1.807, 2.05) is 42.7 Å². The van der Waals surface area contributed by atoms with Gasteiger partial charge >= 0.3 is 0 Å². The number of hydrogen-bond donors (Lipinski definition) is 2. The summed E-state index contributed by atoms with van der Waals surface area (Å²) in [6.45, 7) is 0. The molecule has 92 valence electrons. The maximum absolute atomic E-state index is 12.1. The van der Waals surface area contributed by atoms with Crippen molar-refractivity contribution in [2.75, 3.05) is 5.32 Å². The minimum absolute atomic E-state index is 0.0644. The van der Waals surface area contributed by atoms with E-state index in [0.717, 1.165) is 27.0 Å². The van der Waals surface area contributed by atoms with E-state index in [1.165, 1.54) is 11.5 Å². The van der Waals surface area contributed by atoms with Gasteiger partial charge in [-0.15, -0.1) is 0 Å². The molecule has 0 aliphatic carbocycles. The third-order valence-corrected chi connectivity index (χ3v) is 4.04. The minimum Gasteiger partial charge on any atom is -0.362 e. The largest absolute Gasteiger partial charge is 0.362 e. The third-order valence-electron chi connectivity index (χ3n) is 3.21. The predicted molar refractivity (Wildman–Crippen MR) is 76.9 cm³/mol. The number of benzene rings is 1. The molecule has 0 saturated carbocycles. The normalized spacial score (nSPS) is 16.0. The molecule has 0 bridgehead atoms. The Bertz CT molecular complexity index is 814. The van der Waals surface area contributed by atoms with Crippen LogP contribution in [0.5, 0.6) is 0 Å². The van der Waals surface area contributed by atoms with Crippen LogP contribution < -0.4 is 5.32 Å². The van der Waals surface area contributed by atoms with Gasteiger partial charge in [0, 0.05) is 29.0 Å². The molecular formula is C14H9N3OS.